The van der Waals surface area contributed by atoms with Crippen LogP contribution >= 0.6 is 0 Å². The van der Waals surface area contributed by atoms with E-state index in [1.807, 2.05) is 0 Å². The summed E-state index contributed by atoms with van der Waals surface area (Å²) in [7, 11) is 0.468. The van der Waals surface area contributed by atoms with E-state index in [1.54, 1.807) is 0 Å². The van der Waals surface area contributed by atoms with E-state index in [-0.39, 0.29) is 22.8 Å². The summed E-state index contributed by atoms with van der Waals surface area (Å²) in [5, 5.41) is 8.98. The molecule has 21 heavy (non-hydrogen) atoms. The summed E-state index contributed by atoms with van der Waals surface area (Å²) in [6.07, 6.45) is 0.535. The lowest BCUT2D eigenvalue weighted by atomic mass is 10.2. The van der Waals surface area contributed by atoms with Gasteiger partial charge in [-0.15, -0.1) is 0 Å². The number of rotatable bonds is 8. The standard InChI is InChI=1S/C13H19NO6S/c1-14(7-4-8-19-2)21(17,18)12-9-10(13(15)16)5-6-11(12)20-3/h5-6,9H,4,7-8H2,1-3H3,(H,15,16). The molecule has 0 aromatic heterocycles. The van der Waals surface area contributed by atoms with Gasteiger partial charge in [0.15, 0.2) is 0 Å². The SMILES string of the molecule is COCCCN(C)S(=O)(=O)c1cc(C(=O)O)ccc1OC. The third kappa shape index (κ3) is 4.16. The Balaban J connectivity index is 3.16. The Morgan fingerprint density at radius 1 is 1.33 bits per heavy atom. The molecule has 0 aliphatic rings. The van der Waals surface area contributed by atoms with Gasteiger partial charge in [0.1, 0.15) is 10.6 Å². The maximum atomic E-state index is 12.5. The lowest BCUT2D eigenvalue weighted by Crippen LogP contribution is -2.29. The number of carboxylic acids is 1. The van der Waals surface area contributed by atoms with Crippen LogP contribution in [0.5, 0.6) is 5.75 Å². The number of hydrogen-bond acceptors (Lipinski definition) is 5. The Bertz CT molecular complexity index is 599. The quantitative estimate of drug-likeness (QED) is 0.720. The smallest absolute Gasteiger partial charge is 0.335 e. The molecule has 1 aromatic carbocycles. The highest BCUT2D eigenvalue weighted by atomic mass is 32.2. The van der Waals surface area contributed by atoms with E-state index in [4.69, 9.17) is 14.6 Å². The number of benzene rings is 1. The Morgan fingerprint density at radius 3 is 2.52 bits per heavy atom. The van der Waals surface area contributed by atoms with Crippen LogP contribution in [-0.4, -0.2) is 58.2 Å². The van der Waals surface area contributed by atoms with E-state index in [0.717, 1.165) is 10.4 Å². The molecule has 0 bridgehead atoms. The molecular weight excluding hydrogens is 298 g/mol. The van der Waals surface area contributed by atoms with E-state index in [9.17, 15) is 13.2 Å². The lowest BCUT2D eigenvalue weighted by Gasteiger charge is -2.19. The van der Waals surface area contributed by atoms with Crippen LogP contribution in [0.2, 0.25) is 0 Å². The fraction of sp³-hybridized carbons (Fsp3) is 0.462. The summed E-state index contributed by atoms with van der Waals surface area (Å²) in [5.41, 5.74) is -0.111. The first kappa shape index (κ1) is 17.4. The van der Waals surface area contributed by atoms with Crippen LogP contribution in [0.4, 0.5) is 0 Å². The van der Waals surface area contributed by atoms with Gasteiger partial charge in [0, 0.05) is 27.3 Å². The molecular formula is C13H19NO6S. The fourth-order valence-electron chi connectivity index (χ4n) is 1.73. The first-order valence-corrected chi connectivity index (χ1v) is 7.65. The molecule has 118 valence electrons. The minimum absolute atomic E-state index is 0.110. The summed E-state index contributed by atoms with van der Waals surface area (Å²) < 4.78 is 36.0. The van der Waals surface area contributed by atoms with Crippen molar-refractivity contribution in [2.75, 3.05) is 34.4 Å². The second-order valence-corrected chi connectivity index (χ2v) is 6.36. The van der Waals surface area contributed by atoms with E-state index in [0.29, 0.717) is 13.0 Å². The molecule has 0 saturated carbocycles. The van der Waals surface area contributed by atoms with Gasteiger partial charge in [0.2, 0.25) is 10.0 Å². The molecule has 0 aliphatic carbocycles. The number of carbonyl (C=O) groups is 1. The van der Waals surface area contributed by atoms with Crippen molar-refractivity contribution in [3.8, 4) is 5.75 Å². The zero-order chi connectivity index (χ0) is 16.0. The van der Waals surface area contributed by atoms with Gasteiger partial charge in [0.25, 0.3) is 0 Å². The topological polar surface area (TPSA) is 93.1 Å². The summed E-state index contributed by atoms with van der Waals surface area (Å²) in [6, 6.07) is 3.73. The number of hydrogen-bond donors (Lipinski definition) is 1. The molecule has 0 amide bonds. The van der Waals surface area contributed by atoms with Crippen LogP contribution < -0.4 is 4.74 Å². The van der Waals surface area contributed by atoms with Crippen molar-refractivity contribution in [2.45, 2.75) is 11.3 Å². The second kappa shape index (κ2) is 7.39. The Labute approximate surface area is 124 Å². The molecule has 1 aromatic rings. The molecule has 8 heteroatoms. The molecule has 0 saturated heterocycles. The Morgan fingerprint density at radius 2 is 2.00 bits per heavy atom. The number of nitrogens with zero attached hydrogens (tertiary/aromatic N) is 1. The van der Waals surface area contributed by atoms with Gasteiger partial charge in [-0.25, -0.2) is 17.5 Å². The van der Waals surface area contributed by atoms with Crippen molar-refractivity contribution in [3.05, 3.63) is 23.8 Å². The number of methoxy groups -OCH3 is 2. The Hall–Kier alpha value is -1.64. The van der Waals surface area contributed by atoms with Gasteiger partial charge in [-0.3, -0.25) is 0 Å². The van der Waals surface area contributed by atoms with Crippen molar-refractivity contribution in [3.63, 3.8) is 0 Å². The highest BCUT2D eigenvalue weighted by Gasteiger charge is 2.25. The fourth-order valence-corrected chi connectivity index (χ4v) is 3.12. The average Bonchev–Trinajstić information content (AvgIpc) is 2.46. The van der Waals surface area contributed by atoms with Crippen molar-refractivity contribution >= 4 is 16.0 Å². The maximum absolute atomic E-state index is 12.5. The van der Waals surface area contributed by atoms with Crippen LogP contribution in [0.15, 0.2) is 23.1 Å². The van der Waals surface area contributed by atoms with Crippen molar-refractivity contribution in [2.24, 2.45) is 0 Å². The number of sulfonamides is 1. The number of ether oxygens (including phenoxy) is 2. The summed E-state index contributed by atoms with van der Waals surface area (Å²) in [5.74, 6) is -1.09. The van der Waals surface area contributed by atoms with Crippen molar-refractivity contribution in [1.82, 2.24) is 4.31 Å². The largest absolute Gasteiger partial charge is 0.495 e. The van der Waals surface area contributed by atoms with Crippen LogP contribution in [0, 0.1) is 0 Å². The molecule has 1 N–H and O–H groups in total. The predicted octanol–water partition coefficient (Wildman–Crippen LogP) is 1.05. The van der Waals surface area contributed by atoms with Gasteiger partial charge in [-0.2, -0.15) is 0 Å². The lowest BCUT2D eigenvalue weighted by molar-refractivity contribution is 0.0696. The van der Waals surface area contributed by atoms with E-state index >= 15 is 0 Å². The zero-order valence-corrected chi connectivity index (χ0v) is 13.0. The van der Waals surface area contributed by atoms with Crippen molar-refractivity contribution < 1.29 is 27.8 Å². The van der Waals surface area contributed by atoms with Crippen molar-refractivity contribution in [1.29, 1.82) is 0 Å². The van der Waals surface area contributed by atoms with E-state index in [2.05, 4.69) is 0 Å². The highest BCUT2D eigenvalue weighted by Crippen LogP contribution is 2.27. The molecule has 0 unspecified atom stereocenters. The first-order chi connectivity index (χ1) is 9.84. The number of aromatic carboxylic acids is 1. The molecule has 0 atom stereocenters. The molecule has 0 heterocycles. The second-order valence-electron chi connectivity index (χ2n) is 4.34. The first-order valence-electron chi connectivity index (χ1n) is 6.21. The van der Waals surface area contributed by atoms with Gasteiger partial charge >= 0.3 is 5.97 Å². The molecule has 1 rings (SSSR count). The van der Waals surface area contributed by atoms with Gasteiger partial charge in [-0.05, 0) is 24.6 Å². The molecule has 0 fully saturated rings. The van der Waals surface area contributed by atoms with Gasteiger partial charge < -0.3 is 14.6 Å². The van der Waals surface area contributed by atoms with Gasteiger partial charge in [0.05, 0.1) is 12.7 Å². The predicted molar refractivity (Wildman–Crippen MR) is 76.3 cm³/mol. The highest BCUT2D eigenvalue weighted by molar-refractivity contribution is 7.89. The van der Waals surface area contributed by atoms with Crippen LogP contribution in [0.1, 0.15) is 16.8 Å². The summed E-state index contributed by atoms with van der Waals surface area (Å²) in [6.45, 7) is 0.697. The van der Waals surface area contributed by atoms with Crippen LogP contribution in [0.25, 0.3) is 0 Å². The minimum atomic E-state index is -3.83. The Kier molecular flexibility index (Phi) is 6.13. The summed E-state index contributed by atoms with van der Waals surface area (Å²) in [4.78, 5) is 10.8. The normalized spacial score (nSPS) is 11.6. The third-order valence-electron chi connectivity index (χ3n) is 2.92. The van der Waals surface area contributed by atoms with Gasteiger partial charge in [-0.1, -0.05) is 0 Å². The minimum Gasteiger partial charge on any atom is -0.495 e. The molecule has 0 aliphatic heterocycles. The third-order valence-corrected chi connectivity index (χ3v) is 4.80. The zero-order valence-electron chi connectivity index (χ0n) is 12.2. The maximum Gasteiger partial charge on any atom is 0.335 e. The molecule has 0 spiro atoms. The molecule has 7 nitrogen and oxygen atoms in total. The van der Waals surface area contributed by atoms with Crippen LogP contribution in [0.3, 0.4) is 0 Å². The average molecular weight is 317 g/mol. The number of carboxylic acid groups (broad SMARTS) is 1. The monoisotopic (exact) mass is 317 g/mol. The van der Waals surface area contributed by atoms with E-state index in [1.165, 1.54) is 33.4 Å². The summed E-state index contributed by atoms with van der Waals surface area (Å²) >= 11 is 0. The molecule has 0 radical (unpaired) electrons. The van der Waals surface area contributed by atoms with E-state index < -0.39 is 16.0 Å². The van der Waals surface area contributed by atoms with Crippen LogP contribution in [-0.2, 0) is 14.8 Å².